The third-order valence-corrected chi connectivity index (χ3v) is 8.26. The van der Waals surface area contributed by atoms with Gasteiger partial charge in [0.2, 0.25) is 0 Å². The monoisotopic (exact) mass is 712 g/mol. The minimum absolute atomic E-state index is 0.265. The van der Waals surface area contributed by atoms with E-state index in [1.807, 2.05) is 121 Å². The first-order chi connectivity index (χ1) is 24.4. The summed E-state index contributed by atoms with van der Waals surface area (Å²) in [6.07, 6.45) is 1.09. The van der Waals surface area contributed by atoms with Gasteiger partial charge in [-0.3, -0.25) is 0 Å². The average molecular weight is 714 g/mol. The highest BCUT2D eigenvalue weighted by molar-refractivity contribution is 6.18. The fourth-order valence-electron chi connectivity index (χ4n) is 5.10. The molecule has 0 aliphatic carbocycles. The van der Waals surface area contributed by atoms with E-state index in [0.717, 1.165) is 22.3 Å². The molecule has 1 heterocycles. The summed E-state index contributed by atoms with van der Waals surface area (Å²) in [6, 6.07) is 43.3. The van der Waals surface area contributed by atoms with Crippen LogP contribution in [-0.2, 0) is 34.5 Å². The van der Waals surface area contributed by atoms with Crippen molar-refractivity contribution in [3.05, 3.63) is 144 Å². The average Bonchev–Trinajstić information content (AvgIpc) is 3.18. The van der Waals surface area contributed by atoms with Gasteiger partial charge in [0, 0.05) is 37.9 Å². The van der Waals surface area contributed by atoms with Crippen LogP contribution in [0.2, 0.25) is 0 Å². The zero-order chi connectivity index (χ0) is 35.9. The maximum absolute atomic E-state index is 12.2. The van der Waals surface area contributed by atoms with E-state index in [4.69, 9.17) is 37.9 Å². The normalized spacial score (nSPS) is 12.7. The maximum Gasteiger partial charge on any atom is 0.410 e. The number of likely N-dealkylation sites (tertiary alicyclic amines) is 1. The van der Waals surface area contributed by atoms with Crippen LogP contribution < -0.4 is 0 Å². The lowest BCUT2D eigenvalue weighted by Gasteiger charge is -2.37. The fourth-order valence-corrected chi connectivity index (χ4v) is 5.51. The molecule has 8 nitrogen and oxygen atoms in total. The van der Waals surface area contributed by atoms with Crippen LogP contribution in [0.1, 0.15) is 35.1 Å². The Balaban J connectivity index is 0.000000226. The topological polar surface area (TPSA) is 107 Å². The van der Waals surface area contributed by atoms with Gasteiger partial charge in [0.1, 0.15) is 13.2 Å². The first kappa shape index (κ1) is 39.4. The van der Waals surface area contributed by atoms with Crippen LogP contribution in [0.3, 0.4) is 0 Å². The number of hydrogen-bond acceptors (Lipinski definition) is 6. The molecule has 4 aromatic carbocycles. The molecule has 50 heavy (non-hydrogen) atoms. The van der Waals surface area contributed by atoms with Gasteiger partial charge in [-0.05, 0) is 35.1 Å². The molecule has 1 aliphatic rings. The summed E-state index contributed by atoms with van der Waals surface area (Å²) < 4.78 is 10.5. The number of hydrogen-bond donors (Lipinski definition) is 0. The van der Waals surface area contributed by atoms with E-state index in [9.17, 15) is 14.9 Å². The number of carbonyl (C=O) groups excluding carboxylic acids is 2. The van der Waals surface area contributed by atoms with Gasteiger partial charge in [-0.2, -0.15) is 10.5 Å². The molecule has 1 fully saturated rings. The van der Waals surface area contributed by atoms with Crippen LogP contribution in [0.5, 0.6) is 0 Å². The van der Waals surface area contributed by atoms with Gasteiger partial charge in [0.25, 0.3) is 0 Å². The number of rotatable bonds is 10. The second-order valence-corrected chi connectivity index (χ2v) is 12.1. The highest BCUT2D eigenvalue weighted by Crippen LogP contribution is 2.35. The van der Waals surface area contributed by atoms with Crippen molar-refractivity contribution in [2.24, 2.45) is 0 Å². The Bertz CT molecular complexity index is 1620. The molecular weight excluding hydrogens is 671 g/mol. The summed E-state index contributed by atoms with van der Waals surface area (Å²) in [6.45, 7) is 2.51. The van der Waals surface area contributed by atoms with Crippen molar-refractivity contribution in [2.45, 2.75) is 37.9 Å². The number of amides is 2. The van der Waals surface area contributed by atoms with Crippen LogP contribution in [0.4, 0.5) is 9.59 Å². The number of ether oxygens (including phenoxy) is 2. The van der Waals surface area contributed by atoms with Crippen molar-refractivity contribution in [1.29, 1.82) is 10.5 Å². The number of benzene rings is 4. The van der Waals surface area contributed by atoms with Crippen molar-refractivity contribution in [3.63, 3.8) is 0 Å². The highest BCUT2D eigenvalue weighted by Gasteiger charge is 2.38. The number of piperidine rings is 1. The zero-order valence-corrected chi connectivity index (χ0v) is 29.5. The van der Waals surface area contributed by atoms with Crippen LogP contribution in [-0.4, -0.2) is 59.9 Å². The number of alkyl halides is 2. The van der Waals surface area contributed by atoms with E-state index in [0.29, 0.717) is 57.2 Å². The van der Waals surface area contributed by atoms with Crippen molar-refractivity contribution < 1.29 is 19.1 Å². The first-order valence-corrected chi connectivity index (χ1v) is 17.4. The van der Waals surface area contributed by atoms with E-state index < -0.39 is 5.41 Å². The second-order valence-electron chi connectivity index (χ2n) is 11.3. The van der Waals surface area contributed by atoms with E-state index in [2.05, 4.69) is 12.1 Å². The highest BCUT2D eigenvalue weighted by atomic mass is 35.5. The summed E-state index contributed by atoms with van der Waals surface area (Å²) >= 11 is 11.2. The minimum Gasteiger partial charge on any atom is -0.445 e. The van der Waals surface area contributed by atoms with Gasteiger partial charge in [0.15, 0.2) is 0 Å². The van der Waals surface area contributed by atoms with E-state index in [-0.39, 0.29) is 25.4 Å². The smallest absolute Gasteiger partial charge is 0.410 e. The summed E-state index contributed by atoms with van der Waals surface area (Å²) in [7, 11) is 0. The molecule has 260 valence electrons. The predicted octanol–water partition coefficient (Wildman–Crippen LogP) is 8.74. The Hall–Kier alpha value is -5.02. The lowest BCUT2D eigenvalue weighted by atomic mass is 9.74. The SMILES string of the molecule is N#CC1(c2ccccc2)CCN(C(=O)OCc2ccccc2)CC1.N#CCc1ccccc1.O=C(OCc1ccccc1)N(CCCl)CCCl. The predicted molar refractivity (Wildman–Crippen MR) is 197 cm³/mol. The molecule has 2 amide bonds. The standard InChI is InChI=1S/C20H20N2O2.C12H15Cl2NO2.C8H7N/c21-16-20(18-9-5-2-6-10-18)11-13-22(14-12-20)19(23)24-15-17-7-3-1-4-8-17;13-6-8-15(9-7-14)12(16)17-10-11-4-2-1-3-5-11;9-7-6-8-4-2-1-3-5-8/h1-10H,11-15H2;1-5H,6-10H2;1-5H,6H2. The first-order valence-electron chi connectivity index (χ1n) is 16.4. The van der Waals surface area contributed by atoms with Gasteiger partial charge in [-0.15, -0.1) is 23.2 Å². The summed E-state index contributed by atoms with van der Waals surface area (Å²) in [5.41, 5.74) is 3.54. The molecule has 0 aromatic heterocycles. The Kier molecular flexibility index (Phi) is 17.8. The molecule has 0 spiro atoms. The third kappa shape index (κ3) is 13.5. The van der Waals surface area contributed by atoms with E-state index in [1.54, 1.807) is 4.90 Å². The van der Waals surface area contributed by atoms with Gasteiger partial charge in [0.05, 0.1) is 24.0 Å². The quantitative estimate of drug-likeness (QED) is 0.152. The van der Waals surface area contributed by atoms with E-state index >= 15 is 0 Å². The molecule has 0 saturated carbocycles. The zero-order valence-electron chi connectivity index (χ0n) is 28.0. The molecule has 0 unspecified atom stereocenters. The molecule has 0 bridgehead atoms. The molecule has 0 radical (unpaired) electrons. The molecule has 1 aliphatic heterocycles. The Labute approximate surface area is 305 Å². The Morgan fingerprint density at radius 3 is 1.56 bits per heavy atom. The van der Waals surface area contributed by atoms with Gasteiger partial charge in [-0.25, -0.2) is 9.59 Å². The minimum atomic E-state index is -0.503. The molecule has 4 aromatic rings. The maximum atomic E-state index is 12.2. The van der Waals surface area contributed by atoms with Gasteiger partial charge < -0.3 is 19.3 Å². The molecule has 0 N–H and O–H groups in total. The molecular formula is C40H42Cl2N4O4. The molecule has 10 heteroatoms. The largest absolute Gasteiger partial charge is 0.445 e. The summed E-state index contributed by atoms with van der Waals surface area (Å²) in [5.74, 6) is 0.745. The van der Waals surface area contributed by atoms with Crippen LogP contribution in [0.15, 0.2) is 121 Å². The van der Waals surface area contributed by atoms with Crippen LogP contribution in [0, 0.1) is 22.7 Å². The Morgan fingerprint density at radius 2 is 1.12 bits per heavy atom. The number of carbonyl (C=O) groups is 2. The lowest BCUT2D eigenvalue weighted by Crippen LogP contribution is -2.44. The Morgan fingerprint density at radius 1 is 0.680 bits per heavy atom. The van der Waals surface area contributed by atoms with Crippen LogP contribution in [0.25, 0.3) is 0 Å². The van der Waals surface area contributed by atoms with E-state index in [1.165, 1.54) is 4.90 Å². The van der Waals surface area contributed by atoms with Gasteiger partial charge >= 0.3 is 12.2 Å². The molecule has 5 rings (SSSR count). The summed E-state index contributed by atoms with van der Waals surface area (Å²) in [5, 5.41) is 18.0. The third-order valence-electron chi connectivity index (χ3n) is 7.92. The second kappa shape index (κ2) is 22.6. The van der Waals surface area contributed by atoms with Crippen LogP contribution >= 0.6 is 23.2 Å². The van der Waals surface area contributed by atoms with Crippen molar-refractivity contribution in [2.75, 3.05) is 37.9 Å². The molecule has 0 atom stereocenters. The number of halogens is 2. The number of nitriles is 2. The van der Waals surface area contributed by atoms with Crippen molar-refractivity contribution in [1.82, 2.24) is 9.80 Å². The lowest BCUT2D eigenvalue weighted by molar-refractivity contribution is 0.0826. The van der Waals surface area contributed by atoms with Gasteiger partial charge in [-0.1, -0.05) is 121 Å². The number of nitrogens with zero attached hydrogens (tertiary/aromatic N) is 4. The van der Waals surface area contributed by atoms with Crippen molar-refractivity contribution in [3.8, 4) is 12.1 Å². The van der Waals surface area contributed by atoms with Crippen molar-refractivity contribution >= 4 is 35.4 Å². The molecule has 1 saturated heterocycles. The fraction of sp³-hybridized carbons (Fsp3) is 0.300. The summed E-state index contributed by atoms with van der Waals surface area (Å²) in [4.78, 5) is 27.1.